The Kier molecular flexibility index (Phi) is 6.86. The van der Waals surface area contributed by atoms with Crippen molar-refractivity contribution in [2.75, 3.05) is 19.6 Å². The van der Waals surface area contributed by atoms with Crippen molar-refractivity contribution in [3.05, 3.63) is 35.9 Å². The van der Waals surface area contributed by atoms with Crippen molar-refractivity contribution >= 4 is 0 Å². The summed E-state index contributed by atoms with van der Waals surface area (Å²) >= 11 is 0. The van der Waals surface area contributed by atoms with E-state index in [-0.39, 0.29) is 6.10 Å². The predicted molar refractivity (Wildman–Crippen MR) is 71.7 cm³/mol. The molecule has 0 amide bonds. The standard InChI is InChI=1S/C14H24N2O/c1-2-14(17)12-16(10-6-9-15)11-13-7-4-3-5-8-13/h3-5,7-8,14,17H,2,6,9-12,15H2,1H3/t14-/m0/s1. The van der Waals surface area contributed by atoms with E-state index in [9.17, 15) is 5.11 Å². The highest BCUT2D eigenvalue weighted by atomic mass is 16.3. The van der Waals surface area contributed by atoms with Gasteiger partial charge in [-0.25, -0.2) is 0 Å². The van der Waals surface area contributed by atoms with Crippen LogP contribution in [0.4, 0.5) is 0 Å². The van der Waals surface area contributed by atoms with Gasteiger partial charge in [-0.1, -0.05) is 37.3 Å². The van der Waals surface area contributed by atoms with Crippen LogP contribution in [0, 0.1) is 0 Å². The molecule has 0 spiro atoms. The molecule has 1 rings (SSSR count). The van der Waals surface area contributed by atoms with E-state index < -0.39 is 0 Å². The van der Waals surface area contributed by atoms with Gasteiger partial charge in [0.1, 0.15) is 0 Å². The fourth-order valence-electron chi connectivity index (χ4n) is 1.82. The van der Waals surface area contributed by atoms with Gasteiger partial charge in [-0.15, -0.1) is 0 Å². The Hall–Kier alpha value is -0.900. The highest BCUT2D eigenvalue weighted by Gasteiger charge is 2.10. The summed E-state index contributed by atoms with van der Waals surface area (Å²) in [7, 11) is 0. The normalized spacial score (nSPS) is 12.9. The highest BCUT2D eigenvalue weighted by molar-refractivity contribution is 5.14. The monoisotopic (exact) mass is 236 g/mol. The first-order valence-corrected chi connectivity index (χ1v) is 6.40. The second-order valence-corrected chi connectivity index (χ2v) is 4.43. The van der Waals surface area contributed by atoms with E-state index in [2.05, 4.69) is 17.0 Å². The first-order chi connectivity index (χ1) is 8.26. The van der Waals surface area contributed by atoms with Gasteiger partial charge in [0, 0.05) is 13.1 Å². The molecule has 0 heterocycles. The maximum atomic E-state index is 9.73. The quantitative estimate of drug-likeness (QED) is 0.721. The van der Waals surface area contributed by atoms with E-state index in [0.717, 1.165) is 32.5 Å². The number of hydrogen-bond donors (Lipinski definition) is 2. The predicted octanol–water partition coefficient (Wildman–Crippen LogP) is 1.61. The molecule has 0 unspecified atom stereocenters. The minimum Gasteiger partial charge on any atom is -0.392 e. The maximum absolute atomic E-state index is 9.73. The molecular formula is C14H24N2O. The molecule has 3 nitrogen and oxygen atoms in total. The zero-order valence-corrected chi connectivity index (χ0v) is 10.7. The second kappa shape index (κ2) is 8.23. The molecule has 1 aromatic carbocycles. The molecule has 0 saturated carbocycles. The van der Waals surface area contributed by atoms with Crippen molar-refractivity contribution in [3.63, 3.8) is 0 Å². The average Bonchev–Trinajstić information content (AvgIpc) is 2.37. The molecule has 0 radical (unpaired) electrons. The summed E-state index contributed by atoms with van der Waals surface area (Å²) in [5.41, 5.74) is 6.83. The zero-order chi connectivity index (χ0) is 12.5. The highest BCUT2D eigenvalue weighted by Crippen LogP contribution is 2.06. The first kappa shape index (κ1) is 14.2. The third-order valence-electron chi connectivity index (χ3n) is 2.87. The molecule has 0 aliphatic heterocycles. The molecule has 0 fully saturated rings. The van der Waals surface area contributed by atoms with Crippen LogP contribution in [0.5, 0.6) is 0 Å². The van der Waals surface area contributed by atoms with Crippen LogP contribution in [0.15, 0.2) is 30.3 Å². The molecule has 0 saturated heterocycles. The Morgan fingerprint density at radius 1 is 1.29 bits per heavy atom. The van der Waals surface area contributed by atoms with E-state index in [1.807, 2.05) is 25.1 Å². The van der Waals surface area contributed by atoms with Gasteiger partial charge in [0.15, 0.2) is 0 Å². The summed E-state index contributed by atoms with van der Waals surface area (Å²) in [6.45, 7) is 5.27. The summed E-state index contributed by atoms with van der Waals surface area (Å²) in [6.07, 6.45) is 1.54. The SMILES string of the molecule is CC[C@H](O)CN(CCCN)Cc1ccccc1. The van der Waals surface area contributed by atoms with Gasteiger partial charge < -0.3 is 10.8 Å². The molecule has 3 heteroatoms. The average molecular weight is 236 g/mol. The molecule has 1 aromatic rings. The van der Waals surface area contributed by atoms with Gasteiger partial charge >= 0.3 is 0 Å². The lowest BCUT2D eigenvalue weighted by atomic mass is 10.2. The summed E-state index contributed by atoms with van der Waals surface area (Å²) in [4.78, 5) is 2.27. The summed E-state index contributed by atoms with van der Waals surface area (Å²) in [6, 6.07) is 10.4. The number of aliphatic hydroxyl groups is 1. The van der Waals surface area contributed by atoms with Crippen LogP contribution < -0.4 is 5.73 Å². The maximum Gasteiger partial charge on any atom is 0.0664 e. The minimum atomic E-state index is -0.239. The van der Waals surface area contributed by atoms with Gasteiger partial charge in [-0.3, -0.25) is 4.90 Å². The molecule has 3 N–H and O–H groups in total. The molecule has 0 aliphatic rings. The van der Waals surface area contributed by atoms with Crippen LogP contribution in [0.3, 0.4) is 0 Å². The first-order valence-electron chi connectivity index (χ1n) is 6.40. The fraction of sp³-hybridized carbons (Fsp3) is 0.571. The van der Waals surface area contributed by atoms with E-state index in [0.29, 0.717) is 6.54 Å². The van der Waals surface area contributed by atoms with Crippen molar-refractivity contribution in [2.24, 2.45) is 5.73 Å². The van der Waals surface area contributed by atoms with Crippen molar-refractivity contribution < 1.29 is 5.11 Å². The number of nitrogens with two attached hydrogens (primary N) is 1. The lowest BCUT2D eigenvalue weighted by molar-refractivity contribution is 0.105. The van der Waals surface area contributed by atoms with E-state index in [1.165, 1.54) is 5.56 Å². The Morgan fingerprint density at radius 2 is 2.00 bits per heavy atom. The van der Waals surface area contributed by atoms with Crippen LogP contribution >= 0.6 is 0 Å². The van der Waals surface area contributed by atoms with Gasteiger partial charge in [0.2, 0.25) is 0 Å². The minimum absolute atomic E-state index is 0.239. The molecule has 96 valence electrons. The van der Waals surface area contributed by atoms with E-state index in [1.54, 1.807) is 0 Å². The van der Waals surface area contributed by atoms with Crippen LogP contribution in [0.25, 0.3) is 0 Å². The fourth-order valence-corrected chi connectivity index (χ4v) is 1.82. The lowest BCUT2D eigenvalue weighted by Gasteiger charge is -2.24. The summed E-state index contributed by atoms with van der Waals surface area (Å²) in [5.74, 6) is 0. The smallest absolute Gasteiger partial charge is 0.0664 e. The van der Waals surface area contributed by atoms with Crippen molar-refractivity contribution in [1.82, 2.24) is 4.90 Å². The number of hydrogen-bond acceptors (Lipinski definition) is 3. The van der Waals surface area contributed by atoms with Crippen molar-refractivity contribution in [1.29, 1.82) is 0 Å². The van der Waals surface area contributed by atoms with Crippen LogP contribution in [0.1, 0.15) is 25.3 Å². The number of benzene rings is 1. The van der Waals surface area contributed by atoms with Gasteiger partial charge in [-0.2, -0.15) is 0 Å². The third-order valence-corrected chi connectivity index (χ3v) is 2.87. The molecule has 0 bridgehead atoms. The van der Waals surface area contributed by atoms with E-state index >= 15 is 0 Å². The number of rotatable bonds is 8. The van der Waals surface area contributed by atoms with Gasteiger partial charge in [0.05, 0.1) is 6.10 Å². The molecule has 17 heavy (non-hydrogen) atoms. The number of nitrogens with zero attached hydrogens (tertiary/aromatic N) is 1. The van der Waals surface area contributed by atoms with Crippen LogP contribution in [-0.2, 0) is 6.54 Å². The Morgan fingerprint density at radius 3 is 2.59 bits per heavy atom. The molecule has 1 atom stereocenters. The summed E-state index contributed by atoms with van der Waals surface area (Å²) < 4.78 is 0. The largest absolute Gasteiger partial charge is 0.392 e. The van der Waals surface area contributed by atoms with Crippen molar-refractivity contribution in [2.45, 2.75) is 32.4 Å². The topological polar surface area (TPSA) is 49.5 Å². The van der Waals surface area contributed by atoms with Crippen LogP contribution in [0.2, 0.25) is 0 Å². The Labute approximate surface area is 104 Å². The van der Waals surface area contributed by atoms with E-state index in [4.69, 9.17) is 5.73 Å². The van der Waals surface area contributed by atoms with Crippen LogP contribution in [-0.4, -0.2) is 35.7 Å². The zero-order valence-electron chi connectivity index (χ0n) is 10.7. The molecular weight excluding hydrogens is 212 g/mol. The number of aliphatic hydroxyl groups excluding tert-OH is 1. The van der Waals surface area contributed by atoms with Gasteiger partial charge in [-0.05, 0) is 31.5 Å². The molecule has 0 aliphatic carbocycles. The lowest BCUT2D eigenvalue weighted by Crippen LogP contribution is -2.33. The van der Waals surface area contributed by atoms with Crippen molar-refractivity contribution in [3.8, 4) is 0 Å². The Bertz CT molecular complexity index is 290. The molecule has 0 aromatic heterocycles. The second-order valence-electron chi connectivity index (χ2n) is 4.43. The van der Waals surface area contributed by atoms with Gasteiger partial charge in [0.25, 0.3) is 0 Å². The summed E-state index contributed by atoms with van der Waals surface area (Å²) in [5, 5.41) is 9.73. The third kappa shape index (κ3) is 5.82. The Balaban J connectivity index is 2.50.